The van der Waals surface area contributed by atoms with Crippen LogP contribution in [0.3, 0.4) is 0 Å². The number of hydrogen-bond donors (Lipinski definition) is 2. The van der Waals surface area contributed by atoms with Crippen molar-refractivity contribution in [2.45, 2.75) is 31.4 Å². The van der Waals surface area contributed by atoms with Gasteiger partial charge in [-0.25, -0.2) is 9.37 Å². The SMILES string of the molecule is Cl.O=C(NCc1cc(Cl)nc(-c2ccc(C(F)(F)F)nc2)c1)[C@@H]1C[C@@H](F)CN1. The topological polar surface area (TPSA) is 66.9 Å². The predicted molar refractivity (Wildman–Crippen MR) is 97.9 cm³/mol. The van der Waals surface area contributed by atoms with Crippen LogP contribution >= 0.6 is 24.0 Å². The third kappa shape index (κ3) is 5.52. The molecule has 3 rings (SSSR count). The Morgan fingerprint density at radius 3 is 2.64 bits per heavy atom. The Bertz CT molecular complexity index is 833. The monoisotopic (exact) mass is 438 g/mol. The molecule has 0 aromatic carbocycles. The molecule has 0 aliphatic carbocycles. The molecule has 0 spiro atoms. The highest BCUT2D eigenvalue weighted by molar-refractivity contribution is 6.29. The molecule has 11 heteroatoms. The van der Waals surface area contributed by atoms with Crippen molar-refractivity contribution in [1.82, 2.24) is 20.6 Å². The zero-order valence-corrected chi connectivity index (χ0v) is 15.8. The number of pyridine rings is 2. The molecule has 2 aromatic heterocycles. The summed E-state index contributed by atoms with van der Waals surface area (Å²) in [5.74, 6) is -0.333. The number of alkyl halides is 4. The van der Waals surface area contributed by atoms with Crippen LogP contribution in [0.1, 0.15) is 17.7 Å². The highest BCUT2D eigenvalue weighted by atomic mass is 35.5. The van der Waals surface area contributed by atoms with Crippen LogP contribution in [0.2, 0.25) is 5.15 Å². The van der Waals surface area contributed by atoms with Crippen LogP contribution in [-0.4, -0.2) is 34.6 Å². The summed E-state index contributed by atoms with van der Waals surface area (Å²) in [5, 5.41) is 5.58. The van der Waals surface area contributed by atoms with Crippen LogP contribution in [0.5, 0.6) is 0 Å². The fourth-order valence-electron chi connectivity index (χ4n) is 2.72. The third-order valence-electron chi connectivity index (χ3n) is 4.06. The van der Waals surface area contributed by atoms with Crippen LogP contribution < -0.4 is 10.6 Å². The number of aromatic nitrogens is 2. The summed E-state index contributed by atoms with van der Waals surface area (Å²) >= 11 is 5.98. The molecule has 152 valence electrons. The van der Waals surface area contributed by atoms with E-state index in [0.29, 0.717) is 16.8 Å². The van der Waals surface area contributed by atoms with Crippen LogP contribution in [0.15, 0.2) is 30.5 Å². The van der Waals surface area contributed by atoms with Crippen molar-refractivity contribution in [3.8, 4) is 11.3 Å². The minimum Gasteiger partial charge on any atom is -0.351 e. The first kappa shape index (κ1) is 22.3. The van der Waals surface area contributed by atoms with Crippen molar-refractivity contribution in [3.63, 3.8) is 0 Å². The molecule has 3 heterocycles. The Hall–Kier alpha value is -1.97. The van der Waals surface area contributed by atoms with Gasteiger partial charge in [0, 0.05) is 31.3 Å². The van der Waals surface area contributed by atoms with Gasteiger partial charge in [-0.05, 0) is 29.8 Å². The molecule has 0 bridgehead atoms. The maximum absolute atomic E-state index is 13.1. The van der Waals surface area contributed by atoms with Gasteiger partial charge in [-0.3, -0.25) is 9.78 Å². The number of halogens is 6. The molecule has 1 saturated heterocycles. The summed E-state index contributed by atoms with van der Waals surface area (Å²) in [7, 11) is 0. The first-order chi connectivity index (χ1) is 12.7. The molecular weight excluding hydrogens is 423 g/mol. The van der Waals surface area contributed by atoms with E-state index in [9.17, 15) is 22.4 Å². The number of carbonyl (C=O) groups excluding carboxylic acids is 1. The van der Waals surface area contributed by atoms with Crippen molar-refractivity contribution < 1.29 is 22.4 Å². The van der Waals surface area contributed by atoms with E-state index < -0.39 is 24.1 Å². The average molecular weight is 439 g/mol. The van der Waals surface area contributed by atoms with Crippen molar-refractivity contribution in [1.29, 1.82) is 0 Å². The lowest BCUT2D eigenvalue weighted by Gasteiger charge is -2.12. The van der Waals surface area contributed by atoms with Gasteiger partial charge in [-0.1, -0.05) is 11.6 Å². The number of nitrogens with one attached hydrogen (secondary N) is 2. The number of carbonyl (C=O) groups is 1. The van der Waals surface area contributed by atoms with Gasteiger partial charge in [-0.15, -0.1) is 12.4 Å². The van der Waals surface area contributed by atoms with Gasteiger partial charge in [0.05, 0.1) is 11.7 Å². The van der Waals surface area contributed by atoms with E-state index in [1.165, 1.54) is 12.1 Å². The molecule has 2 atom stereocenters. The lowest BCUT2D eigenvalue weighted by atomic mass is 10.1. The molecule has 0 saturated carbocycles. The molecule has 5 nitrogen and oxygen atoms in total. The zero-order chi connectivity index (χ0) is 19.6. The van der Waals surface area contributed by atoms with Gasteiger partial charge in [0.25, 0.3) is 0 Å². The van der Waals surface area contributed by atoms with Gasteiger partial charge in [0.1, 0.15) is 17.0 Å². The Balaban J connectivity index is 0.00000280. The Morgan fingerprint density at radius 1 is 1.32 bits per heavy atom. The first-order valence-electron chi connectivity index (χ1n) is 8.07. The average Bonchev–Trinajstić information content (AvgIpc) is 3.05. The van der Waals surface area contributed by atoms with Crippen molar-refractivity contribution >= 4 is 29.9 Å². The highest BCUT2D eigenvalue weighted by Crippen LogP contribution is 2.29. The first-order valence-corrected chi connectivity index (χ1v) is 8.45. The normalized spacial score (nSPS) is 19.2. The smallest absolute Gasteiger partial charge is 0.351 e. The molecule has 28 heavy (non-hydrogen) atoms. The molecular formula is C17H16Cl2F4N4O. The Kier molecular flexibility index (Phi) is 7.19. The van der Waals surface area contributed by atoms with Crippen LogP contribution in [0.4, 0.5) is 17.6 Å². The van der Waals surface area contributed by atoms with E-state index in [2.05, 4.69) is 20.6 Å². The third-order valence-corrected chi connectivity index (χ3v) is 4.26. The summed E-state index contributed by atoms with van der Waals surface area (Å²) in [4.78, 5) is 19.5. The van der Waals surface area contributed by atoms with E-state index in [1.54, 1.807) is 6.07 Å². The summed E-state index contributed by atoms with van der Waals surface area (Å²) in [6.07, 6.45) is -4.39. The minimum absolute atomic E-state index is 0. The van der Waals surface area contributed by atoms with Crippen molar-refractivity contribution in [2.24, 2.45) is 0 Å². The summed E-state index contributed by atoms with van der Waals surface area (Å²) < 4.78 is 51.0. The molecule has 0 unspecified atom stereocenters. The van der Waals surface area contributed by atoms with Gasteiger partial charge in [0.2, 0.25) is 5.91 Å². The van der Waals surface area contributed by atoms with E-state index in [1.807, 2.05) is 0 Å². The lowest BCUT2D eigenvalue weighted by molar-refractivity contribution is -0.141. The van der Waals surface area contributed by atoms with Crippen molar-refractivity contribution in [3.05, 3.63) is 46.9 Å². The maximum atomic E-state index is 13.1. The van der Waals surface area contributed by atoms with Gasteiger partial charge in [-0.2, -0.15) is 13.2 Å². The number of amides is 1. The fraction of sp³-hybridized carbons (Fsp3) is 0.353. The molecule has 1 amide bonds. The summed E-state index contributed by atoms with van der Waals surface area (Å²) in [6, 6.07) is 4.65. The highest BCUT2D eigenvalue weighted by Gasteiger charge is 2.32. The Labute approximate surface area is 169 Å². The van der Waals surface area contributed by atoms with E-state index in [-0.39, 0.29) is 43.0 Å². The summed E-state index contributed by atoms with van der Waals surface area (Å²) in [5.41, 5.74) is 0.288. The van der Waals surface area contributed by atoms with Gasteiger partial charge >= 0.3 is 6.18 Å². The molecule has 2 aromatic rings. The predicted octanol–water partition coefficient (Wildman–Crippen LogP) is 3.55. The number of rotatable bonds is 4. The standard InChI is InChI=1S/C17H15ClF4N4O.ClH/c18-15-4-9(6-25-16(27)13-5-11(19)8-23-13)3-12(26-15)10-1-2-14(24-7-10)17(20,21)22;/h1-4,7,11,13,23H,5-6,8H2,(H,25,27);1H/t11-,13+;/m1./s1. The second-order valence-electron chi connectivity index (χ2n) is 6.12. The number of hydrogen-bond acceptors (Lipinski definition) is 4. The van der Waals surface area contributed by atoms with Crippen LogP contribution in [0.25, 0.3) is 11.3 Å². The van der Waals surface area contributed by atoms with Crippen molar-refractivity contribution in [2.75, 3.05) is 6.54 Å². The Morgan fingerprint density at radius 2 is 2.07 bits per heavy atom. The molecule has 1 aliphatic rings. The van der Waals surface area contributed by atoms with E-state index in [4.69, 9.17) is 11.6 Å². The molecule has 2 N–H and O–H groups in total. The maximum Gasteiger partial charge on any atom is 0.433 e. The fourth-order valence-corrected chi connectivity index (χ4v) is 2.95. The van der Waals surface area contributed by atoms with Gasteiger partial charge in [0.15, 0.2) is 0 Å². The van der Waals surface area contributed by atoms with E-state index >= 15 is 0 Å². The molecule has 1 aliphatic heterocycles. The van der Waals surface area contributed by atoms with Gasteiger partial charge < -0.3 is 10.6 Å². The largest absolute Gasteiger partial charge is 0.433 e. The van der Waals surface area contributed by atoms with Crippen LogP contribution in [0, 0.1) is 0 Å². The lowest BCUT2D eigenvalue weighted by Crippen LogP contribution is -2.40. The second-order valence-corrected chi connectivity index (χ2v) is 6.51. The number of nitrogens with zero attached hydrogens (tertiary/aromatic N) is 2. The minimum atomic E-state index is -4.53. The second kappa shape index (κ2) is 9.02. The molecule has 1 fully saturated rings. The zero-order valence-electron chi connectivity index (χ0n) is 14.3. The quantitative estimate of drug-likeness (QED) is 0.565. The molecule has 0 radical (unpaired) electrons. The van der Waals surface area contributed by atoms with Crippen LogP contribution in [-0.2, 0) is 17.5 Å². The summed E-state index contributed by atoms with van der Waals surface area (Å²) in [6.45, 7) is 0.265. The van der Waals surface area contributed by atoms with E-state index in [0.717, 1.165) is 12.3 Å².